The quantitative estimate of drug-likeness (QED) is 0.745. The maximum Gasteiger partial charge on any atom is 0.156 e. The van der Waals surface area contributed by atoms with E-state index < -0.39 is 0 Å². The monoisotopic (exact) mass is 375 g/mol. The zero-order valence-corrected chi connectivity index (χ0v) is 15.1. The van der Waals surface area contributed by atoms with Gasteiger partial charge >= 0.3 is 0 Å². The average molecular weight is 376 g/mol. The van der Waals surface area contributed by atoms with Crippen molar-refractivity contribution < 1.29 is 0 Å². The van der Waals surface area contributed by atoms with Gasteiger partial charge in [0.2, 0.25) is 0 Å². The van der Waals surface area contributed by atoms with Crippen LogP contribution in [0.1, 0.15) is 29.9 Å². The van der Waals surface area contributed by atoms with Crippen LogP contribution in [0.15, 0.2) is 41.7 Å². The summed E-state index contributed by atoms with van der Waals surface area (Å²) in [5.74, 6) is 0.965. The normalized spacial score (nSPS) is 20.2. The molecule has 7 heteroatoms. The molecule has 1 saturated heterocycles. The number of H-pyrrole nitrogens is 1. The number of nitrogens with one attached hydrogen (secondary N) is 3. The van der Waals surface area contributed by atoms with Crippen LogP contribution in [-0.2, 0) is 0 Å². The second kappa shape index (κ2) is 7.49. The molecular formula is C18H19Cl2N5. The third-order valence-electron chi connectivity index (χ3n) is 4.90. The minimum Gasteiger partial charge on any atom is -0.341 e. The lowest BCUT2D eigenvalue weighted by molar-refractivity contribution is 0.418. The number of aromatic amines is 1. The highest BCUT2D eigenvalue weighted by Crippen LogP contribution is 2.45. The number of halogens is 2. The summed E-state index contributed by atoms with van der Waals surface area (Å²) in [6.45, 7) is 1.94. The van der Waals surface area contributed by atoms with E-state index in [0.717, 1.165) is 54.1 Å². The summed E-state index contributed by atoms with van der Waals surface area (Å²) in [6, 6.07) is 10.2. The summed E-state index contributed by atoms with van der Waals surface area (Å²) in [5, 5.41) is 24.7. The summed E-state index contributed by atoms with van der Waals surface area (Å²) in [4.78, 5) is 0. The summed E-state index contributed by atoms with van der Waals surface area (Å²) >= 11 is 6.45. The number of fused-ring (bicyclic) bond motifs is 1. The van der Waals surface area contributed by atoms with Crippen LogP contribution in [0.25, 0.3) is 0 Å². The first kappa shape index (κ1) is 17.8. The Morgan fingerprint density at radius 3 is 2.64 bits per heavy atom. The molecule has 1 unspecified atom stereocenters. The van der Waals surface area contributed by atoms with Crippen molar-refractivity contribution >= 4 is 29.8 Å². The Balaban J connectivity index is 0.00000182. The summed E-state index contributed by atoms with van der Waals surface area (Å²) in [5.41, 5.74) is 3.68. The van der Waals surface area contributed by atoms with Crippen LogP contribution in [0.5, 0.6) is 0 Å². The van der Waals surface area contributed by atoms with Crippen LogP contribution in [0, 0.1) is 17.2 Å². The van der Waals surface area contributed by atoms with Gasteiger partial charge in [-0.2, -0.15) is 10.4 Å². The molecule has 3 heterocycles. The minimum absolute atomic E-state index is 0. The molecule has 130 valence electrons. The van der Waals surface area contributed by atoms with Crippen molar-refractivity contribution in [1.82, 2.24) is 15.5 Å². The van der Waals surface area contributed by atoms with Gasteiger partial charge < -0.3 is 10.6 Å². The Labute approximate surface area is 157 Å². The summed E-state index contributed by atoms with van der Waals surface area (Å²) in [7, 11) is 0. The van der Waals surface area contributed by atoms with Crippen LogP contribution in [0.2, 0.25) is 5.02 Å². The van der Waals surface area contributed by atoms with Crippen LogP contribution in [0.3, 0.4) is 0 Å². The number of aromatic nitrogens is 2. The van der Waals surface area contributed by atoms with Crippen molar-refractivity contribution in [3.8, 4) is 6.07 Å². The molecule has 1 aromatic carbocycles. The van der Waals surface area contributed by atoms with Gasteiger partial charge in [-0.25, -0.2) is 0 Å². The van der Waals surface area contributed by atoms with Crippen LogP contribution in [-0.4, -0.2) is 23.3 Å². The van der Waals surface area contributed by atoms with E-state index >= 15 is 0 Å². The first-order chi connectivity index (χ1) is 11.8. The Kier molecular flexibility index (Phi) is 5.33. The second-order valence-corrected chi connectivity index (χ2v) is 6.64. The van der Waals surface area contributed by atoms with Crippen LogP contribution < -0.4 is 10.6 Å². The Morgan fingerprint density at radius 2 is 1.92 bits per heavy atom. The molecule has 0 bridgehead atoms. The molecule has 1 aromatic heterocycles. The smallest absolute Gasteiger partial charge is 0.156 e. The van der Waals surface area contributed by atoms with E-state index in [0.29, 0.717) is 10.9 Å². The van der Waals surface area contributed by atoms with Gasteiger partial charge in [0, 0.05) is 28.4 Å². The molecule has 0 spiro atoms. The molecule has 3 N–H and O–H groups in total. The molecule has 2 aliphatic heterocycles. The number of rotatable bonds is 2. The average Bonchev–Trinajstić information content (AvgIpc) is 3.10. The van der Waals surface area contributed by atoms with Gasteiger partial charge in [0.15, 0.2) is 5.82 Å². The number of allylic oxidation sites excluding steroid dienone is 2. The predicted octanol–water partition coefficient (Wildman–Crippen LogP) is 3.82. The molecule has 25 heavy (non-hydrogen) atoms. The number of hydrogen-bond donors (Lipinski definition) is 3. The predicted molar refractivity (Wildman–Crippen MR) is 101 cm³/mol. The molecule has 0 radical (unpaired) electrons. The zero-order chi connectivity index (χ0) is 16.5. The van der Waals surface area contributed by atoms with E-state index in [-0.39, 0.29) is 18.3 Å². The standard InChI is InChI=1S/C18H18ClN5.ClH/c19-15-4-2-1-3-12(15)16-13(9-20)17(11-5-7-21-8-6-11)23-18-14(16)10-22-24-18;/h1-4,10-11,16,21H,5-8H2,(H2,22,23,24);1H. The number of benzene rings is 1. The first-order valence-corrected chi connectivity index (χ1v) is 8.57. The summed E-state index contributed by atoms with van der Waals surface area (Å²) in [6.07, 6.45) is 3.89. The number of nitriles is 1. The maximum absolute atomic E-state index is 9.94. The topological polar surface area (TPSA) is 76.5 Å². The first-order valence-electron chi connectivity index (χ1n) is 8.19. The van der Waals surface area contributed by atoms with E-state index in [1.54, 1.807) is 0 Å². The van der Waals surface area contributed by atoms with Crippen molar-refractivity contribution in [2.24, 2.45) is 5.92 Å². The van der Waals surface area contributed by atoms with Crippen molar-refractivity contribution in [1.29, 1.82) is 5.26 Å². The van der Waals surface area contributed by atoms with Gasteiger partial charge in [0.05, 0.1) is 17.6 Å². The van der Waals surface area contributed by atoms with E-state index in [4.69, 9.17) is 11.6 Å². The number of anilines is 1. The minimum atomic E-state index is -0.177. The largest absolute Gasteiger partial charge is 0.341 e. The number of hydrogen-bond acceptors (Lipinski definition) is 4. The molecule has 2 aliphatic rings. The van der Waals surface area contributed by atoms with Gasteiger partial charge in [-0.3, -0.25) is 5.10 Å². The van der Waals surface area contributed by atoms with Crippen molar-refractivity contribution in [2.45, 2.75) is 18.8 Å². The molecule has 0 aliphatic carbocycles. The van der Waals surface area contributed by atoms with Gasteiger partial charge in [-0.15, -0.1) is 12.4 Å². The van der Waals surface area contributed by atoms with Gasteiger partial charge in [0.1, 0.15) is 0 Å². The summed E-state index contributed by atoms with van der Waals surface area (Å²) < 4.78 is 0. The highest BCUT2D eigenvalue weighted by molar-refractivity contribution is 6.31. The Morgan fingerprint density at radius 1 is 1.16 bits per heavy atom. The Bertz CT molecular complexity index is 830. The lowest BCUT2D eigenvalue weighted by Crippen LogP contribution is -2.32. The Hall–Kier alpha value is -2.00. The van der Waals surface area contributed by atoms with Crippen molar-refractivity contribution in [3.63, 3.8) is 0 Å². The van der Waals surface area contributed by atoms with Gasteiger partial charge in [-0.1, -0.05) is 29.8 Å². The zero-order valence-electron chi connectivity index (χ0n) is 13.6. The molecule has 2 aromatic rings. The van der Waals surface area contributed by atoms with E-state index in [1.165, 1.54) is 0 Å². The highest BCUT2D eigenvalue weighted by atomic mass is 35.5. The van der Waals surface area contributed by atoms with Gasteiger partial charge in [-0.05, 0) is 37.6 Å². The van der Waals surface area contributed by atoms with Crippen LogP contribution in [0.4, 0.5) is 5.82 Å². The molecule has 1 atom stereocenters. The highest BCUT2D eigenvalue weighted by Gasteiger charge is 2.35. The van der Waals surface area contributed by atoms with E-state index in [2.05, 4.69) is 26.9 Å². The van der Waals surface area contributed by atoms with Crippen LogP contribution >= 0.6 is 24.0 Å². The lowest BCUT2D eigenvalue weighted by atomic mass is 9.79. The molecule has 0 saturated carbocycles. The third kappa shape index (κ3) is 3.13. The molecule has 5 nitrogen and oxygen atoms in total. The van der Waals surface area contributed by atoms with Crippen molar-refractivity contribution in [2.75, 3.05) is 18.4 Å². The maximum atomic E-state index is 9.94. The van der Waals surface area contributed by atoms with Gasteiger partial charge in [0.25, 0.3) is 0 Å². The van der Waals surface area contributed by atoms with Crippen molar-refractivity contribution in [3.05, 3.63) is 57.9 Å². The molecule has 1 fully saturated rings. The fraction of sp³-hybridized carbons (Fsp3) is 0.333. The number of piperidine rings is 1. The third-order valence-corrected chi connectivity index (χ3v) is 5.24. The molecule has 4 rings (SSSR count). The fourth-order valence-electron chi connectivity index (χ4n) is 3.71. The van der Waals surface area contributed by atoms with E-state index in [9.17, 15) is 5.26 Å². The molecule has 0 amide bonds. The second-order valence-electron chi connectivity index (χ2n) is 6.23. The molecular weight excluding hydrogens is 357 g/mol. The number of nitrogens with zero attached hydrogens (tertiary/aromatic N) is 2. The lowest BCUT2D eigenvalue weighted by Gasteiger charge is -2.32. The SMILES string of the molecule is Cl.N#CC1=C(C2CCNCC2)Nc2n[nH]cc2C1c1ccccc1Cl. The fourth-order valence-corrected chi connectivity index (χ4v) is 3.96. The van der Waals surface area contributed by atoms with E-state index in [1.807, 2.05) is 30.5 Å².